The molecule has 0 saturated carbocycles. The third kappa shape index (κ3) is 4.61. The van der Waals surface area contributed by atoms with Crippen molar-refractivity contribution in [2.24, 2.45) is 0 Å². The number of hydrogen-bond acceptors (Lipinski definition) is 3. The van der Waals surface area contributed by atoms with Crippen molar-refractivity contribution < 1.29 is 14.3 Å². The molecule has 0 radical (unpaired) electrons. The summed E-state index contributed by atoms with van der Waals surface area (Å²) in [5, 5.41) is 0. The lowest BCUT2D eigenvalue weighted by molar-refractivity contribution is -0.140. The second-order valence-corrected chi connectivity index (χ2v) is 4.50. The summed E-state index contributed by atoms with van der Waals surface area (Å²) in [5.74, 6) is -0.247. The zero-order chi connectivity index (χ0) is 11.1. The van der Waals surface area contributed by atoms with E-state index in [-0.39, 0.29) is 9.89 Å². The number of methoxy groups -OCH3 is 1. The number of ether oxygens (including phenoxy) is 2. The van der Waals surface area contributed by atoms with Crippen molar-refractivity contribution in [1.29, 1.82) is 0 Å². The molecule has 0 N–H and O–H groups in total. The van der Waals surface area contributed by atoms with Gasteiger partial charge in [0, 0.05) is 0 Å². The fourth-order valence-corrected chi connectivity index (χ4v) is 1.56. The van der Waals surface area contributed by atoms with Crippen LogP contribution in [0.5, 0.6) is 0 Å². The molecular weight excluding hydrogens is 307 g/mol. The zero-order valence-electron chi connectivity index (χ0n) is 8.48. The van der Waals surface area contributed by atoms with Crippen molar-refractivity contribution in [1.82, 2.24) is 0 Å². The van der Waals surface area contributed by atoms with Crippen LogP contribution >= 0.6 is 22.6 Å². The summed E-state index contributed by atoms with van der Waals surface area (Å²) in [6.45, 7) is 0.902. The third-order valence-corrected chi connectivity index (χ3v) is 2.70. The van der Waals surface area contributed by atoms with Crippen molar-refractivity contribution >= 4 is 28.6 Å². The largest absolute Gasteiger partial charge is 0.468 e. The van der Waals surface area contributed by atoms with Crippen LogP contribution in [0.25, 0.3) is 0 Å². The molecule has 1 aromatic rings. The average molecular weight is 320 g/mol. The van der Waals surface area contributed by atoms with Crippen LogP contribution in [0.15, 0.2) is 30.3 Å². The van der Waals surface area contributed by atoms with Gasteiger partial charge in [-0.1, -0.05) is 52.9 Å². The minimum absolute atomic E-state index is 0.240. The van der Waals surface area contributed by atoms with Crippen LogP contribution in [-0.4, -0.2) is 23.6 Å². The molecule has 1 aromatic carbocycles. The van der Waals surface area contributed by atoms with Gasteiger partial charge >= 0.3 is 5.97 Å². The standard InChI is InChI=1S/C11H13IO3/c1-14-11(13)10(12)8-15-7-9-5-3-2-4-6-9/h2-6,10H,7-8H2,1H3. The molecule has 4 heteroatoms. The topological polar surface area (TPSA) is 35.5 Å². The van der Waals surface area contributed by atoms with Gasteiger partial charge in [-0.05, 0) is 5.56 Å². The van der Waals surface area contributed by atoms with E-state index in [2.05, 4.69) is 4.74 Å². The molecule has 1 atom stereocenters. The third-order valence-electron chi connectivity index (χ3n) is 1.83. The first-order chi connectivity index (χ1) is 7.24. The summed E-state index contributed by atoms with van der Waals surface area (Å²) in [6, 6.07) is 9.85. The number of alkyl halides is 1. The molecule has 0 amide bonds. The second kappa shape index (κ2) is 6.79. The number of carbonyl (C=O) groups excluding carboxylic acids is 1. The molecule has 1 unspecified atom stereocenters. The van der Waals surface area contributed by atoms with Gasteiger partial charge in [0.15, 0.2) is 0 Å². The molecule has 0 aromatic heterocycles. The SMILES string of the molecule is COC(=O)C(I)COCc1ccccc1. The van der Waals surface area contributed by atoms with E-state index in [1.165, 1.54) is 7.11 Å². The molecule has 0 fully saturated rings. The van der Waals surface area contributed by atoms with Crippen LogP contribution in [0.2, 0.25) is 0 Å². The molecule has 0 bridgehead atoms. The maximum Gasteiger partial charge on any atom is 0.321 e. The minimum Gasteiger partial charge on any atom is -0.468 e. The van der Waals surface area contributed by atoms with Crippen LogP contribution in [0, 0.1) is 0 Å². The van der Waals surface area contributed by atoms with Gasteiger partial charge in [0.1, 0.15) is 3.92 Å². The molecule has 0 heterocycles. The lowest BCUT2D eigenvalue weighted by Crippen LogP contribution is -2.21. The molecule has 0 spiro atoms. The highest BCUT2D eigenvalue weighted by Gasteiger charge is 2.14. The van der Waals surface area contributed by atoms with Crippen molar-refractivity contribution in [3.63, 3.8) is 0 Å². The Hall–Kier alpha value is -0.620. The fraction of sp³-hybridized carbons (Fsp3) is 0.364. The zero-order valence-corrected chi connectivity index (χ0v) is 10.6. The molecular formula is C11H13IO3. The van der Waals surface area contributed by atoms with E-state index in [9.17, 15) is 4.79 Å². The van der Waals surface area contributed by atoms with Crippen molar-refractivity contribution in [3.8, 4) is 0 Å². The number of esters is 1. The number of rotatable bonds is 5. The van der Waals surface area contributed by atoms with Crippen molar-refractivity contribution in [2.75, 3.05) is 13.7 Å². The molecule has 82 valence electrons. The van der Waals surface area contributed by atoms with Crippen LogP contribution < -0.4 is 0 Å². The van der Waals surface area contributed by atoms with Gasteiger partial charge in [0.25, 0.3) is 0 Å². The average Bonchev–Trinajstić information content (AvgIpc) is 2.29. The van der Waals surface area contributed by atoms with Gasteiger partial charge in [-0.3, -0.25) is 4.79 Å². The summed E-state index contributed by atoms with van der Waals surface area (Å²) in [5.41, 5.74) is 1.10. The van der Waals surface area contributed by atoms with Gasteiger partial charge in [0.05, 0.1) is 20.3 Å². The van der Waals surface area contributed by atoms with E-state index in [1.54, 1.807) is 0 Å². The quantitative estimate of drug-likeness (QED) is 0.474. The Kier molecular flexibility index (Phi) is 5.63. The van der Waals surface area contributed by atoms with Crippen molar-refractivity contribution in [2.45, 2.75) is 10.5 Å². The molecule has 0 saturated heterocycles. The maximum atomic E-state index is 11.0. The van der Waals surface area contributed by atoms with E-state index in [0.717, 1.165) is 5.56 Å². The highest BCUT2D eigenvalue weighted by atomic mass is 127. The van der Waals surface area contributed by atoms with Gasteiger partial charge in [-0.2, -0.15) is 0 Å². The number of hydrogen-bond donors (Lipinski definition) is 0. The fourth-order valence-electron chi connectivity index (χ4n) is 1.05. The van der Waals surface area contributed by atoms with E-state index in [1.807, 2.05) is 52.9 Å². The number of carbonyl (C=O) groups is 1. The summed E-state index contributed by atoms with van der Waals surface area (Å²) in [4.78, 5) is 11.0. The molecule has 15 heavy (non-hydrogen) atoms. The lowest BCUT2D eigenvalue weighted by Gasteiger charge is -2.08. The van der Waals surface area contributed by atoms with Gasteiger partial charge < -0.3 is 9.47 Å². The first-order valence-electron chi connectivity index (χ1n) is 4.57. The van der Waals surface area contributed by atoms with E-state index >= 15 is 0 Å². The number of benzene rings is 1. The molecule has 0 aliphatic rings. The first-order valence-corrected chi connectivity index (χ1v) is 5.82. The number of halogens is 1. The predicted octanol–water partition coefficient (Wildman–Crippen LogP) is 2.18. The summed E-state index contributed by atoms with van der Waals surface area (Å²) in [6.07, 6.45) is 0. The van der Waals surface area contributed by atoms with Crippen LogP contribution in [0.1, 0.15) is 5.56 Å². The smallest absolute Gasteiger partial charge is 0.321 e. The Morgan fingerprint density at radius 3 is 2.67 bits per heavy atom. The molecule has 1 rings (SSSR count). The highest BCUT2D eigenvalue weighted by molar-refractivity contribution is 14.1. The van der Waals surface area contributed by atoms with Crippen LogP contribution in [0.3, 0.4) is 0 Å². The van der Waals surface area contributed by atoms with Crippen LogP contribution in [-0.2, 0) is 20.9 Å². The van der Waals surface area contributed by atoms with E-state index in [4.69, 9.17) is 4.74 Å². The maximum absolute atomic E-state index is 11.0. The van der Waals surface area contributed by atoms with E-state index < -0.39 is 0 Å². The Morgan fingerprint density at radius 1 is 1.40 bits per heavy atom. The molecule has 0 aliphatic heterocycles. The Bertz CT molecular complexity index is 300. The van der Waals surface area contributed by atoms with Crippen molar-refractivity contribution in [3.05, 3.63) is 35.9 Å². The summed E-state index contributed by atoms with van der Waals surface area (Å²) in [7, 11) is 1.38. The highest BCUT2D eigenvalue weighted by Crippen LogP contribution is 2.06. The second-order valence-electron chi connectivity index (χ2n) is 2.99. The Labute approximate surface area is 103 Å². The predicted molar refractivity (Wildman–Crippen MR) is 65.9 cm³/mol. The summed E-state index contributed by atoms with van der Waals surface area (Å²) >= 11 is 2.01. The first kappa shape index (κ1) is 12.4. The summed E-state index contributed by atoms with van der Waals surface area (Å²) < 4.78 is 9.74. The van der Waals surface area contributed by atoms with Gasteiger partial charge in [-0.25, -0.2) is 0 Å². The molecule has 0 aliphatic carbocycles. The lowest BCUT2D eigenvalue weighted by atomic mass is 10.2. The monoisotopic (exact) mass is 320 g/mol. The van der Waals surface area contributed by atoms with E-state index in [0.29, 0.717) is 13.2 Å². The molecule has 3 nitrogen and oxygen atoms in total. The van der Waals surface area contributed by atoms with Gasteiger partial charge in [0.2, 0.25) is 0 Å². The van der Waals surface area contributed by atoms with Gasteiger partial charge in [-0.15, -0.1) is 0 Å². The van der Waals surface area contributed by atoms with Crippen LogP contribution in [0.4, 0.5) is 0 Å². The minimum atomic E-state index is -0.247. The normalized spacial score (nSPS) is 12.1. The Balaban J connectivity index is 2.25. The Morgan fingerprint density at radius 2 is 2.07 bits per heavy atom.